The fraction of sp³-hybridized carbons (Fsp3) is 0.409. The Hall–Kier alpha value is -2.38. The Balaban J connectivity index is 1.60. The number of fused-ring (bicyclic) bond motifs is 1. The van der Waals surface area contributed by atoms with Gasteiger partial charge in [0.05, 0.1) is 28.4 Å². The van der Waals surface area contributed by atoms with Crippen LogP contribution in [0.3, 0.4) is 0 Å². The predicted molar refractivity (Wildman–Crippen MR) is 112 cm³/mol. The van der Waals surface area contributed by atoms with Gasteiger partial charge in [-0.2, -0.15) is 0 Å². The average Bonchev–Trinajstić information content (AvgIpc) is 3.15. The monoisotopic (exact) mass is 414 g/mol. The number of amides is 1. The largest absolute Gasteiger partial charge is 0.372 e. The molecule has 2 aromatic rings. The van der Waals surface area contributed by atoms with E-state index >= 15 is 0 Å². The minimum Gasteiger partial charge on any atom is -0.372 e. The van der Waals surface area contributed by atoms with Gasteiger partial charge in [-0.3, -0.25) is 9.52 Å². The van der Waals surface area contributed by atoms with Crippen molar-refractivity contribution in [1.82, 2.24) is 4.90 Å². The van der Waals surface area contributed by atoms with Gasteiger partial charge >= 0.3 is 0 Å². The van der Waals surface area contributed by atoms with Gasteiger partial charge in [0, 0.05) is 13.1 Å². The van der Waals surface area contributed by atoms with Crippen LogP contribution in [0.5, 0.6) is 0 Å². The van der Waals surface area contributed by atoms with E-state index in [9.17, 15) is 13.2 Å². The molecule has 0 aromatic heterocycles. The van der Waals surface area contributed by atoms with Crippen LogP contribution >= 0.6 is 0 Å². The number of benzene rings is 2. The smallest absolute Gasteiger partial charge is 0.261 e. The van der Waals surface area contributed by atoms with Crippen LogP contribution in [0.25, 0.3) is 0 Å². The fourth-order valence-corrected chi connectivity index (χ4v) is 5.32. The molecule has 0 spiro atoms. The van der Waals surface area contributed by atoms with E-state index in [1.54, 1.807) is 41.3 Å². The molecule has 2 atom stereocenters. The Labute approximate surface area is 171 Å². The third kappa shape index (κ3) is 4.16. The summed E-state index contributed by atoms with van der Waals surface area (Å²) in [6.07, 6.45) is 2.84. The molecule has 1 saturated heterocycles. The minimum absolute atomic E-state index is 0.0574. The number of aryl methyl sites for hydroxylation is 2. The van der Waals surface area contributed by atoms with Gasteiger partial charge in [0.1, 0.15) is 0 Å². The van der Waals surface area contributed by atoms with Crippen molar-refractivity contribution < 1.29 is 17.9 Å². The van der Waals surface area contributed by atoms with Crippen LogP contribution < -0.4 is 4.72 Å². The van der Waals surface area contributed by atoms with Crippen LogP contribution in [0.4, 0.5) is 5.69 Å². The van der Waals surface area contributed by atoms with Gasteiger partial charge in [0.2, 0.25) is 0 Å². The highest BCUT2D eigenvalue weighted by atomic mass is 32.2. The number of anilines is 1. The van der Waals surface area contributed by atoms with Gasteiger partial charge < -0.3 is 9.64 Å². The van der Waals surface area contributed by atoms with Gasteiger partial charge in [0.15, 0.2) is 0 Å². The molecule has 1 aliphatic heterocycles. The van der Waals surface area contributed by atoms with Crippen LogP contribution in [0, 0.1) is 0 Å². The highest BCUT2D eigenvalue weighted by Crippen LogP contribution is 2.27. The molecule has 0 saturated carbocycles. The average molecular weight is 415 g/mol. The maximum atomic E-state index is 13.1. The van der Waals surface area contributed by atoms with Crippen molar-refractivity contribution in [3.05, 3.63) is 59.2 Å². The number of ether oxygens (including phenoxy) is 1. The number of rotatable bonds is 4. The number of nitrogens with zero attached hydrogens (tertiary/aromatic N) is 1. The van der Waals surface area contributed by atoms with Crippen LogP contribution in [-0.4, -0.2) is 44.5 Å². The summed E-state index contributed by atoms with van der Waals surface area (Å²) in [5.41, 5.74) is 2.95. The summed E-state index contributed by atoms with van der Waals surface area (Å²) < 4.78 is 34.3. The first-order valence-electron chi connectivity index (χ1n) is 10.0. The minimum atomic E-state index is -3.79. The van der Waals surface area contributed by atoms with Gasteiger partial charge in [-0.25, -0.2) is 8.42 Å². The van der Waals surface area contributed by atoms with Crippen LogP contribution in [0.2, 0.25) is 0 Å². The Kier molecular flexibility index (Phi) is 5.36. The number of morpholine rings is 1. The second-order valence-corrected chi connectivity index (χ2v) is 9.59. The van der Waals surface area contributed by atoms with Crippen LogP contribution in [0.1, 0.15) is 41.8 Å². The van der Waals surface area contributed by atoms with Crippen molar-refractivity contribution in [2.75, 3.05) is 17.8 Å². The number of hydrogen-bond acceptors (Lipinski definition) is 4. The summed E-state index contributed by atoms with van der Waals surface area (Å²) in [7, 11) is -3.79. The quantitative estimate of drug-likeness (QED) is 0.834. The van der Waals surface area contributed by atoms with E-state index in [1.807, 2.05) is 19.9 Å². The lowest BCUT2D eigenvalue weighted by Crippen LogP contribution is -2.48. The molecular formula is C22H26N2O4S. The lowest BCUT2D eigenvalue weighted by Gasteiger charge is -2.35. The Bertz CT molecular complexity index is 1020. The van der Waals surface area contributed by atoms with Gasteiger partial charge in [-0.1, -0.05) is 18.2 Å². The lowest BCUT2D eigenvalue weighted by molar-refractivity contribution is -0.0585. The molecule has 1 heterocycles. The summed E-state index contributed by atoms with van der Waals surface area (Å²) >= 11 is 0. The third-order valence-corrected chi connectivity index (χ3v) is 6.85. The van der Waals surface area contributed by atoms with Crippen molar-refractivity contribution in [1.29, 1.82) is 0 Å². The van der Waals surface area contributed by atoms with Crippen LogP contribution in [0.15, 0.2) is 47.4 Å². The molecule has 1 fully saturated rings. The molecule has 2 unspecified atom stereocenters. The van der Waals surface area contributed by atoms with E-state index in [-0.39, 0.29) is 23.0 Å². The first-order valence-corrected chi connectivity index (χ1v) is 11.5. The standard InChI is InChI=1S/C22H26N2O4S/c1-15-13-24(14-16(2)28-15)22(25)20-8-3-4-9-21(20)23-29(26,27)19-11-10-17-6-5-7-18(17)12-19/h3-4,8-12,15-16,23H,5-7,13-14H2,1-2H3. The normalized spacial score (nSPS) is 21.7. The zero-order valence-corrected chi connectivity index (χ0v) is 17.5. The first-order chi connectivity index (χ1) is 13.8. The molecule has 6 nitrogen and oxygen atoms in total. The second-order valence-electron chi connectivity index (χ2n) is 7.90. The van der Waals surface area contributed by atoms with Crippen molar-refractivity contribution in [2.45, 2.75) is 50.2 Å². The third-order valence-electron chi connectivity index (χ3n) is 5.49. The second kappa shape index (κ2) is 7.80. The van der Waals surface area contributed by atoms with E-state index in [4.69, 9.17) is 4.74 Å². The van der Waals surface area contributed by atoms with Gasteiger partial charge in [0.25, 0.3) is 15.9 Å². The number of sulfonamides is 1. The molecule has 4 rings (SSSR count). The number of carbonyl (C=O) groups excluding carboxylic acids is 1. The number of para-hydroxylation sites is 1. The van der Waals surface area contributed by atoms with Crippen molar-refractivity contribution >= 4 is 21.6 Å². The lowest BCUT2D eigenvalue weighted by atomic mass is 10.1. The summed E-state index contributed by atoms with van der Waals surface area (Å²) in [5, 5.41) is 0. The Morgan fingerprint density at radius 3 is 2.48 bits per heavy atom. The molecule has 0 radical (unpaired) electrons. The van der Waals surface area contributed by atoms with E-state index in [0.29, 0.717) is 24.3 Å². The number of carbonyl (C=O) groups is 1. The molecule has 1 aliphatic carbocycles. The summed E-state index contributed by atoms with van der Waals surface area (Å²) in [6, 6.07) is 12.0. The first kappa shape index (κ1) is 19.9. The van der Waals surface area contributed by atoms with E-state index in [1.165, 1.54) is 5.56 Å². The summed E-state index contributed by atoms with van der Waals surface area (Å²) in [6.45, 7) is 4.82. The topological polar surface area (TPSA) is 75.7 Å². The van der Waals surface area contributed by atoms with Gasteiger partial charge in [-0.05, 0) is 68.5 Å². The van der Waals surface area contributed by atoms with E-state index in [2.05, 4.69) is 4.72 Å². The molecule has 2 aliphatic rings. The molecular weight excluding hydrogens is 388 g/mol. The predicted octanol–water partition coefficient (Wildman–Crippen LogP) is 3.23. The highest BCUT2D eigenvalue weighted by molar-refractivity contribution is 7.92. The molecule has 154 valence electrons. The highest BCUT2D eigenvalue weighted by Gasteiger charge is 2.28. The Morgan fingerprint density at radius 1 is 1.03 bits per heavy atom. The van der Waals surface area contributed by atoms with Crippen molar-refractivity contribution in [2.24, 2.45) is 0 Å². The maximum Gasteiger partial charge on any atom is 0.261 e. The molecule has 7 heteroatoms. The number of hydrogen-bond donors (Lipinski definition) is 1. The zero-order chi connectivity index (χ0) is 20.6. The van der Waals surface area contributed by atoms with Crippen LogP contribution in [-0.2, 0) is 27.6 Å². The molecule has 0 bridgehead atoms. The summed E-state index contributed by atoms with van der Waals surface area (Å²) in [4.78, 5) is 15.1. The van der Waals surface area contributed by atoms with E-state index in [0.717, 1.165) is 24.8 Å². The summed E-state index contributed by atoms with van der Waals surface area (Å²) in [5.74, 6) is -0.195. The fourth-order valence-electron chi connectivity index (χ4n) is 4.19. The van der Waals surface area contributed by atoms with Gasteiger partial charge in [-0.15, -0.1) is 0 Å². The van der Waals surface area contributed by atoms with Crippen molar-refractivity contribution in [3.63, 3.8) is 0 Å². The zero-order valence-electron chi connectivity index (χ0n) is 16.7. The molecule has 29 heavy (non-hydrogen) atoms. The Morgan fingerprint density at radius 2 is 1.72 bits per heavy atom. The van der Waals surface area contributed by atoms with Crippen molar-refractivity contribution in [3.8, 4) is 0 Å². The number of nitrogens with one attached hydrogen (secondary N) is 1. The maximum absolute atomic E-state index is 13.1. The SMILES string of the molecule is CC1CN(C(=O)c2ccccc2NS(=O)(=O)c2ccc3c(c2)CCC3)CC(C)O1. The molecule has 1 N–H and O–H groups in total. The molecule has 1 amide bonds. The molecule has 2 aromatic carbocycles. The van der Waals surface area contributed by atoms with E-state index < -0.39 is 10.0 Å².